The van der Waals surface area contributed by atoms with E-state index in [1.807, 2.05) is 0 Å². The number of carboxylic acid groups (broad SMARTS) is 1. The SMILES string of the molecule is NCCCCC(N)C(=O)NCC(=O)NCCCCCC(=O)O. The van der Waals surface area contributed by atoms with Gasteiger partial charge in [0.15, 0.2) is 0 Å². The topological polar surface area (TPSA) is 148 Å². The van der Waals surface area contributed by atoms with Gasteiger partial charge in [-0.1, -0.05) is 12.8 Å². The van der Waals surface area contributed by atoms with Crippen molar-refractivity contribution >= 4 is 17.8 Å². The molecule has 0 bridgehead atoms. The summed E-state index contributed by atoms with van der Waals surface area (Å²) < 4.78 is 0. The lowest BCUT2D eigenvalue weighted by atomic mass is 10.1. The zero-order chi connectivity index (χ0) is 16.8. The molecule has 0 radical (unpaired) electrons. The van der Waals surface area contributed by atoms with Crippen molar-refractivity contribution in [3.8, 4) is 0 Å². The monoisotopic (exact) mass is 316 g/mol. The maximum Gasteiger partial charge on any atom is 0.303 e. The van der Waals surface area contributed by atoms with Gasteiger partial charge in [0.1, 0.15) is 0 Å². The predicted molar refractivity (Wildman–Crippen MR) is 83.0 cm³/mol. The van der Waals surface area contributed by atoms with Crippen LogP contribution in [0.15, 0.2) is 0 Å². The number of unbranched alkanes of at least 4 members (excludes halogenated alkanes) is 3. The van der Waals surface area contributed by atoms with Crippen molar-refractivity contribution in [2.45, 2.75) is 51.0 Å². The lowest BCUT2D eigenvalue weighted by molar-refractivity contribution is -0.137. The Morgan fingerprint density at radius 2 is 1.73 bits per heavy atom. The summed E-state index contributed by atoms with van der Waals surface area (Å²) in [5.41, 5.74) is 11.0. The summed E-state index contributed by atoms with van der Waals surface area (Å²) >= 11 is 0. The number of carbonyl (C=O) groups is 3. The number of hydrogen-bond acceptors (Lipinski definition) is 5. The molecule has 7 N–H and O–H groups in total. The van der Waals surface area contributed by atoms with E-state index in [0.717, 1.165) is 19.3 Å². The van der Waals surface area contributed by atoms with E-state index in [2.05, 4.69) is 10.6 Å². The van der Waals surface area contributed by atoms with Crippen LogP contribution in [0.25, 0.3) is 0 Å². The van der Waals surface area contributed by atoms with Crippen molar-refractivity contribution in [1.29, 1.82) is 0 Å². The van der Waals surface area contributed by atoms with Gasteiger partial charge in [-0.05, 0) is 32.2 Å². The Morgan fingerprint density at radius 3 is 2.36 bits per heavy atom. The number of nitrogens with two attached hydrogens (primary N) is 2. The van der Waals surface area contributed by atoms with Gasteiger partial charge in [-0.15, -0.1) is 0 Å². The van der Waals surface area contributed by atoms with Crippen LogP contribution < -0.4 is 22.1 Å². The first-order chi connectivity index (χ1) is 10.5. The van der Waals surface area contributed by atoms with Crippen LogP contribution in [0, 0.1) is 0 Å². The summed E-state index contributed by atoms with van der Waals surface area (Å²) in [6.45, 7) is 0.943. The molecule has 0 aliphatic rings. The minimum atomic E-state index is -0.811. The maximum absolute atomic E-state index is 11.6. The third-order valence-corrected chi connectivity index (χ3v) is 3.12. The molecule has 2 amide bonds. The molecular weight excluding hydrogens is 288 g/mol. The number of carboxylic acids is 1. The fraction of sp³-hybridized carbons (Fsp3) is 0.786. The molecule has 128 valence electrons. The first-order valence-corrected chi connectivity index (χ1v) is 7.69. The van der Waals surface area contributed by atoms with Crippen molar-refractivity contribution in [2.75, 3.05) is 19.6 Å². The quantitative estimate of drug-likeness (QED) is 0.284. The first-order valence-electron chi connectivity index (χ1n) is 7.69. The smallest absolute Gasteiger partial charge is 0.303 e. The molecule has 0 aromatic heterocycles. The van der Waals surface area contributed by atoms with E-state index in [-0.39, 0.29) is 24.8 Å². The minimum Gasteiger partial charge on any atom is -0.481 e. The van der Waals surface area contributed by atoms with Crippen LogP contribution in [0.4, 0.5) is 0 Å². The van der Waals surface area contributed by atoms with Crippen molar-refractivity contribution in [1.82, 2.24) is 10.6 Å². The number of aliphatic carboxylic acids is 1. The van der Waals surface area contributed by atoms with Gasteiger partial charge in [0.25, 0.3) is 0 Å². The molecule has 0 saturated carbocycles. The largest absolute Gasteiger partial charge is 0.481 e. The molecule has 0 heterocycles. The summed E-state index contributed by atoms with van der Waals surface area (Å²) in [4.78, 5) is 33.4. The van der Waals surface area contributed by atoms with Crippen molar-refractivity contribution < 1.29 is 19.5 Å². The summed E-state index contributed by atoms with van der Waals surface area (Å²) in [6.07, 6.45) is 4.35. The zero-order valence-electron chi connectivity index (χ0n) is 13.0. The molecule has 0 fully saturated rings. The van der Waals surface area contributed by atoms with E-state index in [9.17, 15) is 14.4 Å². The molecule has 8 heteroatoms. The van der Waals surface area contributed by atoms with E-state index >= 15 is 0 Å². The molecule has 1 atom stereocenters. The Balaban J connectivity index is 3.59. The highest BCUT2D eigenvalue weighted by molar-refractivity contribution is 5.87. The van der Waals surface area contributed by atoms with Gasteiger partial charge in [0.05, 0.1) is 12.6 Å². The lowest BCUT2D eigenvalue weighted by Gasteiger charge is -2.12. The standard InChI is InChI=1S/C14H28N4O4/c15-8-4-3-6-11(16)14(22)18-10-12(19)17-9-5-1-2-7-13(20)21/h11H,1-10,15-16H2,(H,17,19)(H,18,22)(H,20,21). The fourth-order valence-corrected chi connectivity index (χ4v) is 1.81. The van der Waals surface area contributed by atoms with Gasteiger partial charge < -0.3 is 27.2 Å². The summed E-state index contributed by atoms with van der Waals surface area (Å²) in [6, 6.07) is -0.615. The van der Waals surface area contributed by atoms with E-state index in [1.54, 1.807) is 0 Å². The van der Waals surface area contributed by atoms with E-state index < -0.39 is 12.0 Å². The molecule has 0 aromatic rings. The van der Waals surface area contributed by atoms with Gasteiger partial charge in [-0.3, -0.25) is 14.4 Å². The predicted octanol–water partition coefficient (Wildman–Crippen LogP) is -0.680. The fourth-order valence-electron chi connectivity index (χ4n) is 1.81. The molecule has 0 aliphatic carbocycles. The molecule has 1 unspecified atom stereocenters. The van der Waals surface area contributed by atoms with Gasteiger partial charge >= 0.3 is 5.97 Å². The minimum absolute atomic E-state index is 0.0987. The Bertz CT molecular complexity index is 350. The molecular formula is C14H28N4O4. The van der Waals surface area contributed by atoms with Crippen molar-refractivity contribution in [3.05, 3.63) is 0 Å². The molecule has 0 aliphatic heterocycles. The Labute approximate surface area is 131 Å². The third-order valence-electron chi connectivity index (χ3n) is 3.12. The number of amides is 2. The average Bonchev–Trinajstić information content (AvgIpc) is 2.48. The molecule has 0 rings (SSSR count). The van der Waals surface area contributed by atoms with Crippen LogP contribution in [0.5, 0.6) is 0 Å². The Morgan fingerprint density at radius 1 is 1.00 bits per heavy atom. The van der Waals surface area contributed by atoms with Crippen LogP contribution in [-0.4, -0.2) is 48.6 Å². The highest BCUT2D eigenvalue weighted by atomic mass is 16.4. The van der Waals surface area contributed by atoms with Crippen LogP contribution in [0.2, 0.25) is 0 Å². The first kappa shape index (κ1) is 20.3. The van der Waals surface area contributed by atoms with E-state index in [4.69, 9.17) is 16.6 Å². The maximum atomic E-state index is 11.6. The molecule has 0 saturated heterocycles. The van der Waals surface area contributed by atoms with Crippen LogP contribution in [0.1, 0.15) is 44.9 Å². The summed E-state index contributed by atoms with van der Waals surface area (Å²) in [5.74, 6) is -1.43. The molecule has 8 nitrogen and oxygen atoms in total. The van der Waals surface area contributed by atoms with Crippen LogP contribution >= 0.6 is 0 Å². The van der Waals surface area contributed by atoms with Gasteiger partial charge in [-0.2, -0.15) is 0 Å². The van der Waals surface area contributed by atoms with Crippen molar-refractivity contribution in [3.63, 3.8) is 0 Å². The Kier molecular flexibility index (Phi) is 12.0. The zero-order valence-corrected chi connectivity index (χ0v) is 13.0. The average molecular weight is 316 g/mol. The second kappa shape index (κ2) is 13.0. The number of hydrogen-bond donors (Lipinski definition) is 5. The third kappa shape index (κ3) is 12.1. The lowest BCUT2D eigenvalue weighted by Crippen LogP contribution is -2.45. The Hall–Kier alpha value is -1.67. The van der Waals surface area contributed by atoms with Gasteiger partial charge in [0.2, 0.25) is 11.8 Å². The number of carbonyl (C=O) groups excluding carboxylic acids is 2. The normalized spacial score (nSPS) is 11.7. The number of rotatable bonds is 13. The second-order valence-corrected chi connectivity index (χ2v) is 5.16. The molecule has 0 spiro atoms. The highest BCUT2D eigenvalue weighted by Crippen LogP contribution is 1.99. The molecule has 0 aromatic carbocycles. The van der Waals surface area contributed by atoms with Crippen LogP contribution in [0.3, 0.4) is 0 Å². The summed E-state index contributed by atoms with van der Waals surface area (Å²) in [7, 11) is 0. The second-order valence-electron chi connectivity index (χ2n) is 5.16. The highest BCUT2D eigenvalue weighted by Gasteiger charge is 2.13. The summed E-state index contributed by atoms with van der Waals surface area (Å²) in [5, 5.41) is 13.6. The van der Waals surface area contributed by atoms with Crippen molar-refractivity contribution in [2.24, 2.45) is 11.5 Å². The van der Waals surface area contributed by atoms with Gasteiger partial charge in [-0.25, -0.2) is 0 Å². The van der Waals surface area contributed by atoms with Crippen LogP contribution in [-0.2, 0) is 14.4 Å². The molecule has 22 heavy (non-hydrogen) atoms. The van der Waals surface area contributed by atoms with E-state index in [0.29, 0.717) is 32.4 Å². The number of nitrogens with one attached hydrogen (secondary N) is 2. The van der Waals surface area contributed by atoms with E-state index in [1.165, 1.54) is 0 Å². The van der Waals surface area contributed by atoms with Gasteiger partial charge in [0, 0.05) is 13.0 Å².